The van der Waals surface area contributed by atoms with Gasteiger partial charge in [-0.25, -0.2) is 9.18 Å². The molecule has 3 rings (SSSR count). The molecule has 118 valence electrons. The van der Waals surface area contributed by atoms with Crippen molar-refractivity contribution in [2.75, 3.05) is 10.6 Å². The van der Waals surface area contributed by atoms with E-state index in [1.165, 1.54) is 17.4 Å². The van der Waals surface area contributed by atoms with Crippen LogP contribution in [-0.4, -0.2) is 26.0 Å². The van der Waals surface area contributed by atoms with Crippen LogP contribution in [-0.2, 0) is 13.5 Å². The Balaban J connectivity index is 1.61. The zero-order valence-corrected chi connectivity index (χ0v) is 13.0. The van der Waals surface area contributed by atoms with E-state index in [1.807, 2.05) is 0 Å². The second-order valence-electron chi connectivity index (χ2n) is 4.72. The molecule has 0 saturated heterocycles. The van der Waals surface area contributed by atoms with Gasteiger partial charge in [-0.2, -0.15) is 5.10 Å². The third-order valence-electron chi connectivity index (χ3n) is 2.94. The summed E-state index contributed by atoms with van der Waals surface area (Å²) in [6.45, 7) is 0. The van der Waals surface area contributed by atoms with Crippen molar-refractivity contribution in [3.8, 4) is 0 Å². The maximum Gasteiger partial charge on any atom is 0.326 e. The summed E-state index contributed by atoms with van der Waals surface area (Å²) in [6, 6.07) is 7.70. The Morgan fingerprint density at radius 2 is 2.09 bits per heavy atom. The number of carbonyl (C=O) groups excluding carboxylic acids is 1. The number of aryl methyl sites for hydroxylation is 1. The Morgan fingerprint density at radius 1 is 1.26 bits per heavy atom. The van der Waals surface area contributed by atoms with E-state index in [-0.39, 0.29) is 5.82 Å². The van der Waals surface area contributed by atoms with Crippen LogP contribution >= 0.6 is 11.3 Å². The Bertz CT molecular complexity index is 830. The monoisotopic (exact) mass is 332 g/mol. The first-order valence-corrected chi connectivity index (χ1v) is 7.55. The molecule has 0 spiro atoms. The molecule has 0 aliphatic rings. The van der Waals surface area contributed by atoms with Crippen LogP contribution in [0.4, 0.5) is 20.1 Å². The molecular weight excluding hydrogens is 319 g/mol. The fraction of sp³-hybridized carbons (Fsp3) is 0.143. The van der Waals surface area contributed by atoms with Gasteiger partial charge in [0.1, 0.15) is 10.8 Å². The van der Waals surface area contributed by atoms with E-state index in [0.29, 0.717) is 27.9 Å². The summed E-state index contributed by atoms with van der Waals surface area (Å²) in [4.78, 5) is 11.8. The summed E-state index contributed by atoms with van der Waals surface area (Å²) in [7, 11) is 1.75. The maximum absolute atomic E-state index is 13.6. The molecule has 0 saturated carbocycles. The number of aromatic nitrogens is 4. The molecule has 2 N–H and O–H groups in total. The topological polar surface area (TPSA) is 84.7 Å². The Morgan fingerprint density at radius 3 is 2.83 bits per heavy atom. The van der Waals surface area contributed by atoms with E-state index in [2.05, 4.69) is 25.9 Å². The minimum atomic E-state index is -0.461. The van der Waals surface area contributed by atoms with E-state index in [9.17, 15) is 9.18 Å². The van der Waals surface area contributed by atoms with Gasteiger partial charge in [0, 0.05) is 25.7 Å². The summed E-state index contributed by atoms with van der Waals surface area (Å²) in [6.07, 6.45) is 2.04. The standard InChI is InChI=1S/C14H13FN6OS/c1-21-7-6-11(20-21)16-13(22)17-14-19-18-12(23-14)8-9-4-2-3-5-10(9)15/h2-7H,8H2,1H3,(H2,16,17,19,20,22). The first-order valence-electron chi connectivity index (χ1n) is 6.73. The Labute approximate surface area is 135 Å². The number of anilines is 2. The highest BCUT2D eigenvalue weighted by Crippen LogP contribution is 2.20. The molecule has 0 fully saturated rings. The van der Waals surface area contributed by atoms with Crippen LogP contribution in [0.15, 0.2) is 36.5 Å². The quantitative estimate of drug-likeness (QED) is 0.769. The lowest BCUT2D eigenvalue weighted by atomic mass is 10.1. The highest BCUT2D eigenvalue weighted by atomic mass is 32.1. The van der Waals surface area contributed by atoms with Gasteiger partial charge in [-0.15, -0.1) is 10.2 Å². The molecule has 0 radical (unpaired) electrons. The van der Waals surface area contributed by atoms with Crippen LogP contribution in [0.5, 0.6) is 0 Å². The molecule has 7 nitrogen and oxygen atoms in total. The Kier molecular flexibility index (Phi) is 4.29. The number of nitrogens with one attached hydrogen (secondary N) is 2. The molecule has 0 bridgehead atoms. The number of urea groups is 1. The largest absolute Gasteiger partial charge is 0.326 e. The molecule has 1 aromatic carbocycles. The summed E-state index contributed by atoms with van der Waals surface area (Å²) < 4.78 is 15.2. The molecule has 2 heterocycles. The van der Waals surface area contributed by atoms with Gasteiger partial charge in [0.15, 0.2) is 5.82 Å². The van der Waals surface area contributed by atoms with Crippen LogP contribution in [0, 0.1) is 5.82 Å². The first kappa shape index (κ1) is 15.1. The predicted molar refractivity (Wildman–Crippen MR) is 85.0 cm³/mol. The number of hydrogen-bond acceptors (Lipinski definition) is 5. The zero-order valence-electron chi connectivity index (χ0n) is 12.2. The van der Waals surface area contributed by atoms with E-state index < -0.39 is 6.03 Å². The van der Waals surface area contributed by atoms with Crippen LogP contribution in [0.25, 0.3) is 0 Å². The second kappa shape index (κ2) is 6.53. The lowest BCUT2D eigenvalue weighted by Gasteiger charge is -2.01. The molecule has 3 aromatic rings. The van der Waals surface area contributed by atoms with Crippen molar-refractivity contribution in [2.45, 2.75) is 6.42 Å². The van der Waals surface area contributed by atoms with E-state index in [4.69, 9.17) is 0 Å². The van der Waals surface area contributed by atoms with Crippen molar-refractivity contribution in [1.29, 1.82) is 0 Å². The molecule has 0 atom stereocenters. The fourth-order valence-electron chi connectivity index (χ4n) is 1.91. The maximum atomic E-state index is 13.6. The SMILES string of the molecule is Cn1ccc(NC(=O)Nc2nnc(Cc3ccccc3F)s2)n1. The molecule has 0 aliphatic heterocycles. The smallest absolute Gasteiger partial charge is 0.291 e. The van der Waals surface area contributed by atoms with Crippen molar-refractivity contribution in [3.63, 3.8) is 0 Å². The van der Waals surface area contributed by atoms with Gasteiger partial charge < -0.3 is 0 Å². The van der Waals surface area contributed by atoms with Gasteiger partial charge in [0.25, 0.3) is 0 Å². The van der Waals surface area contributed by atoms with Crippen LogP contribution in [0.3, 0.4) is 0 Å². The molecule has 9 heteroatoms. The summed E-state index contributed by atoms with van der Waals surface area (Å²) >= 11 is 1.19. The second-order valence-corrected chi connectivity index (χ2v) is 5.78. The van der Waals surface area contributed by atoms with Crippen molar-refractivity contribution < 1.29 is 9.18 Å². The van der Waals surface area contributed by atoms with Gasteiger partial charge in [0.05, 0.1) is 0 Å². The molecule has 0 aliphatic carbocycles. The number of amides is 2. The average Bonchev–Trinajstić information content (AvgIpc) is 3.11. The minimum absolute atomic E-state index is 0.287. The number of benzene rings is 1. The van der Waals surface area contributed by atoms with Gasteiger partial charge in [-0.05, 0) is 11.6 Å². The third kappa shape index (κ3) is 3.89. The number of hydrogen-bond donors (Lipinski definition) is 2. The van der Waals surface area contributed by atoms with Gasteiger partial charge in [-0.1, -0.05) is 29.5 Å². The van der Waals surface area contributed by atoms with E-state index in [0.717, 1.165) is 0 Å². The van der Waals surface area contributed by atoms with Gasteiger partial charge in [0.2, 0.25) is 5.13 Å². The van der Waals surface area contributed by atoms with Gasteiger partial charge in [-0.3, -0.25) is 15.3 Å². The molecule has 0 unspecified atom stereocenters. The van der Waals surface area contributed by atoms with Crippen molar-refractivity contribution in [1.82, 2.24) is 20.0 Å². The minimum Gasteiger partial charge on any atom is -0.291 e. The highest BCUT2D eigenvalue weighted by molar-refractivity contribution is 7.15. The summed E-state index contributed by atoms with van der Waals surface area (Å²) in [5.41, 5.74) is 0.535. The van der Waals surface area contributed by atoms with E-state index >= 15 is 0 Å². The normalized spacial score (nSPS) is 10.5. The average molecular weight is 332 g/mol. The van der Waals surface area contributed by atoms with Crippen molar-refractivity contribution in [3.05, 3.63) is 52.9 Å². The number of carbonyl (C=O) groups is 1. The third-order valence-corrected chi connectivity index (χ3v) is 3.78. The van der Waals surface area contributed by atoms with Crippen molar-refractivity contribution in [2.24, 2.45) is 7.05 Å². The molecule has 2 aromatic heterocycles. The lowest BCUT2D eigenvalue weighted by Crippen LogP contribution is -2.19. The summed E-state index contributed by atoms with van der Waals surface area (Å²) in [5.74, 6) is 0.145. The highest BCUT2D eigenvalue weighted by Gasteiger charge is 2.11. The zero-order chi connectivity index (χ0) is 16.2. The number of rotatable bonds is 4. The van der Waals surface area contributed by atoms with Crippen LogP contribution in [0.2, 0.25) is 0 Å². The fourth-order valence-corrected chi connectivity index (χ4v) is 2.66. The molecule has 2 amide bonds. The van der Waals surface area contributed by atoms with Gasteiger partial charge >= 0.3 is 6.03 Å². The van der Waals surface area contributed by atoms with E-state index in [1.54, 1.807) is 42.2 Å². The lowest BCUT2D eigenvalue weighted by molar-refractivity contribution is 0.262. The van der Waals surface area contributed by atoms with Crippen LogP contribution < -0.4 is 10.6 Å². The molecule has 23 heavy (non-hydrogen) atoms. The first-order chi connectivity index (χ1) is 11.1. The van der Waals surface area contributed by atoms with Crippen LogP contribution in [0.1, 0.15) is 10.6 Å². The Hall–Kier alpha value is -2.81. The summed E-state index contributed by atoms with van der Waals surface area (Å²) in [5, 5.41) is 18.0. The number of halogens is 1. The number of nitrogens with zero attached hydrogens (tertiary/aromatic N) is 4. The molecular formula is C14H13FN6OS. The van der Waals surface area contributed by atoms with Crippen molar-refractivity contribution >= 4 is 28.3 Å². The predicted octanol–water partition coefficient (Wildman–Crippen LogP) is 2.65.